The van der Waals surface area contributed by atoms with Gasteiger partial charge in [0.2, 0.25) is 11.7 Å². The molecule has 5 rings (SSSR count). The molecule has 2 aliphatic heterocycles. The Hall–Kier alpha value is -3.28. The van der Waals surface area contributed by atoms with Crippen molar-refractivity contribution in [2.24, 2.45) is 0 Å². The molecule has 1 atom stereocenters. The van der Waals surface area contributed by atoms with E-state index in [4.69, 9.17) is 19.5 Å². The van der Waals surface area contributed by atoms with Crippen molar-refractivity contribution in [3.63, 3.8) is 0 Å². The highest BCUT2D eigenvalue weighted by atomic mass is 16.5. The summed E-state index contributed by atoms with van der Waals surface area (Å²) in [5.41, 5.74) is 2.76. The molecule has 158 valence electrons. The minimum absolute atomic E-state index is 0.109. The minimum Gasteiger partial charge on any atom is -0.378 e. The average molecular weight is 416 g/mol. The third kappa shape index (κ3) is 4.29. The van der Waals surface area contributed by atoms with Crippen molar-refractivity contribution in [3.05, 3.63) is 59.6 Å². The summed E-state index contributed by atoms with van der Waals surface area (Å²) in [5.74, 6) is 2.17. The summed E-state index contributed by atoms with van der Waals surface area (Å²) in [6, 6.07) is 14.0. The van der Waals surface area contributed by atoms with Crippen molar-refractivity contribution in [2.45, 2.75) is 25.4 Å². The van der Waals surface area contributed by atoms with E-state index < -0.39 is 0 Å². The first-order valence-corrected chi connectivity index (χ1v) is 10.7. The first-order valence-electron chi connectivity index (χ1n) is 10.7. The number of benzene rings is 1. The first-order chi connectivity index (χ1) is 15.3. The second-order valence-electron chi connectivity index (χ2n) is 7.90. The smallest absolute Gasteiger partial charge is 0.244 e. The number of nitriles is 1. The topological polar surface area (TPSA) is 91.3 Å². The Morgan fingerprint density at radius 2 is 1.94 bits per heavy atom. The quantitative estimate of drug-likeness (QED) is 0.626. The molecule has 1 aromatic carbocycles. The summed E-state index contributed by atoms with van der Waals surface area (Å²) >= 11 is 0. The number of hydrogen-bond donors (Lipinski definition) is 0. The third-order valence-electron chi connectivity index (χ3n) is 5.90. The molecule has 3 aromatic rings. The van der Waals surface area contributed by atoms with Gasteiger partial charge in [-0.1, -0.05) is 17.3 Å². The second-order valence-corrected chi connectivity index (χ2v) is 7.90. The highest BCUT2D eigenvalue weighted by Gasteiger charge is 2.31. The maximum absolute atomic E-state index is 8.99. The minimum atomic E-state index is 0.109. The summed E-state index contributed by atoms with van der Waals surface area (Å²) in [6.45, 7) is 4.88. The fourth-order valence-electron chi connectivity index (χ4n) is 4.22. The lowest BCUT2D eigenvalue weighted by atomic mass is 10.1. The predicted octanol–water partition coefficient (Wildman–Crippen LogP) is 3.18. The molecule has 4 heterocycles. The van der Waals surface area contributed by atoms with E-state index in [2.05, 4.69) is 26.0 Å². The lowest BCUT2D eigenvalue weighted by molar-refractivity contribution is 0.122. The summed E-state index contributed by atoms with van der Waals surface area (Å²) in [7, 11) is 0. The molecule has 8 nitrogen and oxygen atoms in total. The van der Waals surface area contributed by atoms with Crippen LogP contribution in [0.25, 0.3) is 11.4 Å². The van der Waals surface area contributed by atoms with E-state index in [1.807, 2.05) is 36.4 Å². The van der Waals surface area contributed by atoms with Gasteiger partial charge in [-0.2, -0.15) is 10.2 Å². The van der Waals surface area contributed by atoms with E-state index in [1.165, 1.54) is 5.56 Å². The van der Waals surface area contributed by atoms with Crippen molar-refractivity contribution in [2.75, 3.05) is 37.7 Å². The van der Waals surface area contributed by atoms with Gasteiger partial charge in [0.1, 0.15) is 5.82 Å². The van der Waals surface area contributed by atoms with Crippen LogP contribution in [0.5, 0.6) is 0 Å². The Balaban J connectivity index is 1.32. The fraction of sp³-hybridized carbons (Fsp3) is 0.391. The van der Waals surface area contributed by atoms with Gasteiger partial charge in [-0.15, -0.1) is 0 Å². The van der Waals surface area contributed by atoms with Crippen LogP contribution in [-0.2, 0) is 11.3 Å². The molecular weight excluding hydrogens is 392 g/mol. The molecule has 2 fully saturated rings. The standard InChI is InChI=1S/C23H24N6O2/c24-15-17-3-5-18(6-4-17)16-29-9-1-2-20(29)23-26-22(27-31-23)19-7-8-25-21(14-19)28-10-12-30-13-11-28/h3-8,14,20H,1-2,9-13,16H2/t20-/m0/s1. The number of anilines is 1. The van der Waals surface area contributed by atoms with Crippen LogP contribution in [0.4, 0.5) is 5.82 Å². The Bertz CT molecular complexity index is 1070. The van der Waals surface area contributed by atoms with Crippen molar-refractivity contribution in [1.82, 2.24) is 20.0 Å². The molecule has 8 heteroatoms. The fourth-order valence-corrected chi connectivity index (χ4v) is 4.22. The molecule has 0 unspecified atom stereocenters. The Kier molecular flexibility index (Phi) is 5.61. The maximum atomic E-state index is 8.99. The van der Waals surface area contributed by atoms with Gasteiger partial charge < -0.3 is 14.2 Å². The highest BCUT2D eigenvalue weighted by molar-refractivity contribution is 5.59. The zero-order chi connectivity index (χ0) is 21.0. The van der Waals surface area contributed by atoms with E-state index in [0.717, 1.165) is 63.6 Å². The molecule has 0 N–H and O–H groups in total. The monoisotopic (exact) mass is 416 g/mol. The lowest BCUT2D eigenvalue weighted by Gasteiger charge is -2.27. The largest absolute Gasteiger partial charge is 0.378 e. The van der Waals surface area contributed by atoms with Crippen molar-refractivity contribution >= 4 is 5.82 Å². The highest BCUT2D eigenvalue weighted by Crippen LogP contribution is 2.33. The van der Waals surface area contributed by atoms with E-state index >= 15 is 0 Å². The van der Waals surface area contributed by atoms with Gasteiger partial charge in [0.25, 0.3) is 0 Å². The molecule has 2 saturated heterocycles. The zero-order valence-electron chi connectivity index (χ0n) is 17.3. The normalized spacial score (nSPS) is 19.5. The number of morpholine rings is 1. The van der Waals surface area contributed by atoms with Gasteiger partial charge >= 0.3 is 0 Å². The zero-order valence-corrected chi connectivity index (χ0v) is 17.3. The van der Waals surface area contributed by atoms with Gasteiger partial charge in [0.15, 0.2) is 0 Å². The summed E-state index contributed by atoms with van der Waals surface area (Å²) in [4.78, 5) is 13.8. The van der Waals surface area contributed by atoms with Crippen LogP contribution in [0.1, 0.15) is 35.9 Å². The Labute approximate surface area is 181 Å². The second kappa shape index (κ2) is 8.84. The number of likely N-dealkylation sites (tertiary alicyclic amines) is 1. The van der Waals surface area contributed by atoms with Gasteiger partial charge in [0, 0.05) is 31.4 Å². The van der Waals surface area contributed by atoms with E-state index in [9.17, 15) is 0 Å². The summed E-state index contributed by atoms with van der Waals surface area (Å²) in [6.07, 6.45) is 3.88. The van der Waals surface area contributed by atoms with Gasteiger partial charge in [-0.05, 0) is 49.2 Å². The summed E-state index contributed by atoms with van der Waals surface area (Å²) in [5, 5.41) is 13.3. The van der Waals surface area contributed by atoms with Crippen LogP contribution in [0.3, 0.4) is 0 Å². The third-order valence-corrected chi connectivity index (χ3v) is 5.90. The van der Waals surface area contributed by atoms with E-state index in [1.54, 1.807) is 6.20 Å². The molecule has 31 heavy (non-hydrogen) atoms. The molecule has 0 spiro atoms. The van der Waals surface area contributed by atoms with Crippen LogP contribution >= 0.6 is 0 Å². The Morgan fingerprint density at radius 1 is 1.10 bits per heavy atom. The number of aromatic nitrogens is 3. The van der Waals surface area contributed by atoms with Crippen molar-refractivity contribution < 1.29 is 9.26 Å². The summed E-state index contributed by atoms with van der Waals surface area (Å²) < 4.78 is 11.1. The van der Waals surface area contributed by atoms with Crippen LogP contribution < -0.4 is 4.90 Å². The van der Waals surface area contributed by atoms with Gasteiger partial charge in [0.05, 0.1) is 30.9 Å². The van der Waals surface area contributed by atoms with Crippen LogP contribution in [0, 0.1) is 11.3 Å². The van der Waals surface area contributed by atoms with E-state index in [0.29, 0.717) is 17.3 Å². The average Bonchev–Trinajstić information content (AvgIpc) is 3.50. The van der Waals surface area contributed by atoms with E-state index in [-0.39, 0.29) is 6.04 Å². The van der Waals surface area contributed by atoms with Crippen molar-refractivity contribution in [1.29, 1.82) is 5.26 Å². The van der Waals surface area contributed by atoms with Gasteiger partial charge in [-0.25, -0.2) is 4.98 Å². The number of pyridine rings is 1. The maximum Gasteiger partial charge on any atom is 0.244 e. The molecule has 0 amide bonds. The number of nitrogens with zero attached hydrogens (tertiary/aromatic N) is 6. The molecule has 0 bridgehead atoms. The Morgan fingerprint density at radius 3 is 2.74 bits per heavy atom. The SMILES string of the molecule is N#Cc1ccc(CN2CCC[C@H]2c2nc(-c3ccnc(N4CCOCC4)c3)no2)cc1. The van der Waals surface area contributed by atoms with Crippen LogP contribution in [0.2, 0.25) is 0 Å². The molecule has 2 aliphatic rings. The number of rotatable bonds is 5. The predicted molar refractivity (Wildman–Crippen MR) is 114 cm³/mol. The molecule has 0 saturated carbocycles. The molecular formula is C23H24N6O2. The molecule has 0 aliphatic carbocycles. The lowest BCUT2D eigenvalue weighted by Crippen LogP contribution is -2.36. The molecule has 0 radical (unpaired) electrons. The number of hydrogen-bond acceptors (Lipinski definition) is 8. The molecule has 2 aromatic heterocycles. The van der Waals surface area contributed by atoms with Crippen LogP contribution in [0.15, 0.2) is 47.1 Å². The number of ether oxygens (including phenoxy) is 1. The van der Waals surface area contributed by atoms with Gasteiger partial charge in [-0.3, -0.25) is 4.90 Å². The van der Waals surface area contributed by atoms with Crippen molar-refractivity contribution in [3.8, 4) is 17.5 Å². The first kappa shape index (κ1) is 19.7. The van der Waals surface area contributed by atoms with Crippen LogP contribution in [-0.4, -0.2) is 52.9 Å².